The van der Waals surface area contributed by atoms with Crippen LogP contribution in [0.25, 0.3) is 0 Å². The van der Waals surface area contributed by atoms with Crippen LogP contribution in [0.1, 0.15) is 12.5 Å². The number of anilines is 4. The zero-order valence-corrected chi connectivity index (χ0v) is 16.2. The van der Waals surface area contributed by atoms with Crippen molar-refractivity contribution >= 4 is 34.7 Å². The van der Waals surface area contributed by atoms with Crippen molar-refractivity contribution in [1.29, 1.82) is 0 Å². The maximum absolute atomic E-state index is 12.2. The smallest absolute Gasteiger partial charge is 0.228 e. The number of pyridine rings is 1. The highest BCUT2D eigenvalue weighted by atomic mass is 16.5. The van der Waals surface area contributed by atoms with Crippen molar-refractivity contribution < 1.29 is 14.3 Å². The summed E-state index contributed by atoms with van der Waals surface area (Å²) in [5.41, 5.74) is 3.00. The van der Waals surface area contributed by atoms with Crippen LogP contribution in [-0.4, -0.2) is 23.9 Å². The molecule has 0 radical (unpaired) electrons. The minimum absolute atomic E-state index is 0.124. The number of carbonyl (C=O) groups excluding carboxylic acids is 2. The first-order chi connectivity index (χ1) is 14.0. The number of aromatic nitrogens is 1. The highest BCUT2D eigenvalue weighted by Gasteiger charge is 2.06. The third kappa shape index (κ3) is 6.07. The van der Waals surface area contributed by atoms with Gasteiger partial charge in [0.05, 0.1) is 25.4 Å². The molecule has 3 aromatic rings. The van der Waals surface area contributed by atoms with E-state index in [2.05, 4.69) is 20.9 Å². The highest BCUT2D eigenvalue weighted by molar-refractivity contribution is 5.92. The van der Waals surface area contributed by atoms with Crippen LogP contribution >= 0.6 is 0 Å². The molecule has 0 bridgehead atoms. The Morgan fingerprint density at radius 2 is 1.69 bits per heavy atom. The second-order valence-corrected chi connectivity index (χ2v) is 6.39. The summed E-state index contributed by atoms with van der Waals surface area (Å²) in [6.45, 7) is 1.46. The van der Waals surface area contributed by atoms with Gasteiger partial charge in [0.1, 0.15) is 11.6 Å². The number of rotatable bonds is 7. The molecule has 29 heavy (non-hydrogen) atoms. The fourth-order valence-corrected chi connectivity index (χ4v) is 2.70. The summed E-state index contributed by atoms with van der Waals surface area (Å²) in [6.07, 6.45) is 1.85. The molecule has 7 heteroatoms. The fourth-order valence-electron chi connectivity index (χ4n) is 2.70. The van der Waals surface area contributed by atoms with Gasteiger partial charge < -0.3 is 20.7 Å². The largest absolute Gasteiger partial charge is 0.497 e. The van der Waals surface area contributed by atoms with E-state index in [1.807, 2.05) is 42.5 Å². The lowest BCUT2D eigenvalue weighted by atomic mass is 10.1. The van der Waals surface area contributed by atoms with Crippen molar-refractivity contribution in [2.45, 2.75) is 13.3 Å². The van der Waals surface area contributed by atoms with E-state index in [4.69, 9.17) is 4.74 Å². The number of ether oxygens (including phenoxy) is 1. The topological polar surface area (TPSA) is 92.4 Å². The average Bonchev–Trinajstić information content (AvgIpc) is 2.70. The Morgan fingerprint density at radius 3 is 2.34 bits per heavy atom. The highest BCUT2D eigenvalue weighted by Crippen LogP contribution is 2.20. The number of benzene rings is 2. The Hall–Kier alpha value is -3.87. The van der Waals surface area contributed by atoms with Gasteiger partial charge in [0.2, 0.25) is 11.8 Å². The van der Waals surface area contributed by atoms with E-state index in [1.165, 1.54) is 6.92 Å². The quantitative estimate of drug-likeness (QED) is 0.568. The zero-order chi connectivity index (χ0) is 20.6. The third-order valence-corrected chi connectivity index (χ3v) is 4.03. The van der Waals surface area contributed by atoms with Crippen molar-refractivity contribution in [2.24, 2.45) is 0 Å². The minimum Gasteiger partial charge on any atom is -0.497 e. The molecule has 2 amide bonds. The van der Waals surface area contributed by atoms with Crippen LogP contribution in [0.3, 0.4) is 0 Å². The SMILES string of the molecule is COc1ccc(CC(=O)Nc2ccc(Nc3cccc(NC(C)=O)c3)nc2)cc1. The second kappa shape index (κ2) is 9.36. The molecule has 1 aromatic heterocycles. The molecule has 0 atom stereocenters. The molecule has 2 aromatic carbocycles. The number of nitrogens with one attached hydrogen (secondary N) is 3. The number of hydrogen-bond acceptors (Lipinski definition) is 5. The molecule has 0 fully saturated rings. The van der Waals surface area contributed by atoms with E-state index in [1.54, 1.807) is 31.5 Å². The molecule has 0 spiro atoms. The van der Waals surface area contributed by atoms with Crippen molar-refractivity contribution in [3.05, 3.63) is 72.4 Å². The second-order valence-electron chi connectivity index (χ2n) is 6.39. The maximum Gasteiger partial charge on any atom is 0.228 e. The zero-order valence-electron chi connectivity index (χ0n) is 16.2. The molecular weight excluding hydrogens is 368 g/mol. The van der Waals surface area contributed by atoms with Crippen LogP contribution in [0.5, 0.6) is 5.75 Å². The lowest BCUT2D eigenvalue weighted by molar-refractivity contribution is -0.116. The molecule has 0 saturated carbocycles. The van der Waals surface area contributed by atoms with Gasteiger partial charge in [0.25, 0.3) is 0 Å². The molecule has 0 saturated heterocycles. The summed E-state index contributed by atoms with van der Waals surface area (Å²) < 4.78 is 5.11. The summed E-state index contributed by atoms with van der Waals surface area (Å²) in [6, 6.07) is 18.2. The Labute approximate surface area is 169 Å². The van der Waals surface area contributed by atoms with Gasteiger partial charge in [-0.15, -0.1) is 0 Å². The first kappa shape index (κ1) is 19.9. The van der Waals surface area contributed by atoms with Gasteiger partial charge in [-0.3, -0.25) is 9.59 Å². The van der Waals surface area contributed by atoms with Crippen LogP contribution in [-0.2, 0) is 16.0 Å². The lowest BCUT2D eigenvalue weighted by Gasteiger charge is -2.09. The Bertz CT molecular complexity index is 986. The van der Waals surface area contributed by atoms with E-state index in [0.717, 1.165) is 17.0 Å². The van der Waals surface area contributed by atoms with Crippen LogP contribution in [0.2, 0.25) is 0 Å². The normalized spacial score (nSPS) is 10.1. The van der Waals surface area contributed by atoms with Crippen LogP contribution in [0.4, 0.5) is 22.9 Å². The molecule has 7 nitrogen and oxygen atoms in total. The van der Waals surface area contributed by atoms with Gasteiger partial charge in [-0.25, -0.2) is 4.98 Å². The molecule has 3 N–H and O–H groups in total. The summed E-state index contributed by atoms with van der Waals surface area (Å²) in [7, 11) is 1.60. The molecule has 0 aliphatic carbocycles. The molecule has 0 unspecified atom stereocenters. The van der Waals surface area contributed by atoms with Gasteiger partial charge in [-0.05, 0) is 48.0 Å². The summed E-state index contributed by atoms with van der Waals surface area (Å²) in [5.74, 6) is 1.12. The lowest BCUT2D eigenvalue weighted by Crippen LogP contribution is -2.14. The molecule has 0 aliphatic rings. The molecule has 148 valence electrons. The fraction of sp³-hybridized carbons (Fsp3) is 0.136. The van der Waals surface area contributed by atoms with Crippen molar-refractivity contribution in [2.75, 3.05) is 23.1 Å². The van der Waals surface area contributed by atoms with E-state index >= 15 is 0 Å². The number of methoxy groups -OCH3 is 1. The first-order valence-electron chi connectivity index (χ1n) is 9.05. The molecular formula is C22H22N4O3. The Morgan fingerprint density at radius 1 is 0.931 bits per heavy atom. The van der Waals surface area contributed by atoms with E-state index in [-0.39, 0.29) is 18.2 Å². The third-order valence-electron chi connectivity index (χ3n) is 4.03. The van der Waals surface area contributed by atoms with Crippen LogP contribution < -0.4 is 20.7 Å². The monoisotopic (exact) mass is 390 g/mol. The predicted octanol–water partition coefficient (Wildman–Crippen LogP) is 3.97. The van der Waals surface area contributed by atoms with Crippen molar-refractivity contribution in [3.63, 3.8) is 0 Å². The number of hydrogen-bond donors (Lipinski definition) is 3. The van der Waals surface area contributed by atoms with Gasteiger partial charge in [-0.1, -0.05) is 18.2 Å². The molecule has 3 rings (SSSR count). The van der Waals surface area contributed by atoms with E-state index in [0.29, 0.717) is 17.2 Å². The first-order valence-corrected chi connectivity index (χ1v) is 9.05. The minimum atomic E-state index is -0.130. The van der Waals surface area contributed by atoms with Crippen LogP contribution in [0.15, 0.2) is 66.9 Å². The van der Waals surface area contributed by atoms with Crippen molar-refractivity contribution in [3.8, 4) is 5.75 Å². The van der Waals surface area contributed by atoms with Gasteiger partial charge >= 0.3 is 0 Å². The average molecular weight is 390 g/mol. The summed E-state index contributed by atoms with van der Waals surface area (Å²) in [4.78, 5) is 27.7. The number of nitrogens with zero attached hydrogens (tertiary/aromatic N) is 1. The van der Waals surface area contributed by atoms with E-state index < -0.39 is 0 Å². The maximum atomic E-state index is 12.2. The molecule has 1 heterocycles. The Balaban J connectivity index is 1.56. The predicted molar refractivity (Wildman–Crippen MR) is 114 cm³/mol. The number of carbonyl (C=O) groups is 2. The van der Waals surface area contributed by atoms with Crippen molar-refractivity contribution in [1.82, 2.24) is 4.98 Å². The van der Waals surface area contributed by atoms with Gasteiger partial charge in [0, 0.05) is 18.3 Å². The van der Waals surface area contributed by atoms with Gasteiger partial charge in [0.15, 0.2) is 0 Å². The van der Waals surface area contributed by atoms with Gasteiger partial charge in [-0.2, -0.15) is 0 Å². The molecule has 0 aliphatic heterocycles. The number of amides is 2. The van der Waals surface area contributed by atoms with E-state index in [9.17, 15) is 9.59 Å². The Kier molecular flexibility index (Phi) is 6.42. The standard InChI is InChI=1S/C22H22N4O3/c1-15(27)24-17-4-3-5-18(13-17)25-21-11-8-19(14-23-21)26-22(28)12-16-6-9-20(29-2)10-7-16/h3-11,13-14H,12H2,1-2H3,(H,23,25)(H,24,27)(H,26,28). The summed E-state index contributed by atoms with van der Waals surface area (Å²) in [5, 5.41) is 8.73. The summed E-state index contributed by atoms with van der Waals surface area (Å²) >= 11 is 0. The van der Waals surface area contributed by atoms with Crippen LogP contribution in [0, 0.1) is 0 Å².